The quantitative estimate of drug-likeness (QED) is 0.150. The van der Waals surface area contributed by atoms with E-state index in [1.807, 2.05) is 0 Å². The summed E-state index contributed by atoms with van der Waals surface area (Å²) in [5.41, 5.74) is 0.948. The van der Waals surface area contributed by atoms with Gasteiger partial charge in [-0.2, -0.15) is 18.3 Å². The molecule has 0 aromatic heterocycles. The number of benzene rings is 3. The van der Waals surface area contributed by atoms with Crippen molar-refractivity contribution < 1.29 is 37.1 Å². The number of hydrazone groups is 1. The summed E-state index contributed by atoms with van der Waals surface area (Å²) in [7, 11) is 2.87. The normalized spacial score (nSPS) is 11.2. The van der Waals surface area contributed by atoms with E-state index >= 15 is 0 Å². The maximum atomic E-state index is 12.8. The van der Waals surface area contributed by atoms with E-state index in [9.17, 15) is 28.1 Å². The van der Waals surface area contributed by atoms with E-state index in [0.29, 0.717) is 29.0 Å². The van der Waals surface area contributed by atoms with Gasteiger partial charge in [-0.3, -0.25) is 15.5 Å². The molecule has 0 fully saturated rings. The standard InChI is InChI=1S/C23H18F3N3O6/c1-33-17-7-4-15(5-8-17)22(30)35-20-10-3-14(11-21(20)34-2)13-27-28-18-9-6-16(23(24,25)26)12-19(18)29(31)32/h3-13,28H,1-2H3. The molecule has 0 bridgehead atoms. The van der Waals surface area contributed by atoms with Crippen molar-refractivity contribution >= 4 is 23.6 Å². The number of nitrogens with one attached hydrogen (secondary N) is 1. The molecule has 0 aliphatic rings. The fourth-order valence-corrected chi connectivity index (χ4v) is 2.86. The number of anilines is 1. The van der Waals surface area contributed by atoms with Crippen molar-refractivity contribution in [2.24, 2.45) is 5.10 Å². The van der Waals surface area contributed by atoms with Crippen LogP contribution in [0.5, 0.6) is 17.2 Å². The minimum atomic E-state index is -4.72. The number of hydrogen-bond acceptors (Lipinski definition) is 8. The van der Waals surface area contributed by atoms with Crippen molar-refractivity contribution in [3.05, 3.63) is 87.5 Å². The van der Waals surface area contributed by atoms with Gasteiger partial charge in [0.2, 0.25) is 0 Å². The Kier molecular flexibility index (Phi) is 7.54. The van der Waals surface area contributed by atoms with Gasteiger partial charge in [-0.25, -0.2) is 4.79 Å². The molecule has 0 saturated carbocycles. The van der Waals surface area contributed by atoms with Crippen LogP contribution in [0.1, 0.15) is 21.5 Å². The zero-order chi connectivity index (χ0) is 25.6. The molecule has 0 radical (unpaired) electrons. The van der Waals surface area contributed by atoms with Gasteiger partial charge in [0.05, 0.1) is 36.5 Å². The van der Waals surface area contributed by atoms with E-state index < -0.39 is 28.3 Å². The largest absolute Gasteiger partial charge is 0.497 e. The van der Waals surface area contributed by atoms with E-state index in [1.165, 1.54) is 38.6 Å². The van der Waals surface area contributed by atoms with Gasteiger partial charge in [0, 0.05) is 6.07 Å². The Morgan fingerprint density at radius 3 is 2.31 bits per heavy atom. The minimum Gasteiger partial charge on any atom is -0.497 e. The highest BCUT2D eigenvalue weighted by Crippen LogP contribution is 2.35. The molecule has 0 amide bonds. The Bertz CT molecular complexity index is 1260. The van der Waals surface area contributed by atoms with Crippen LogP contribution in [0.15, 0.2) is 65.8 Å². The molecule has 0 heterocycles. The van der Waals surface area contributed by atoms with Crippen LogP contribution in [0.4, 0.5) is 24.5 Å². The molecule has 0 saturated heterocycles. The molecule has 0 unspecified atom stereocenters. The summed E-state index contributed by atoms with van der Waals surface area (Å²) in [6.45, 7) is 0. The zero-order valence-electron chi connectivity index (χ0n) is 18.3. The average molecular weight is 489 g/mol. The molecule has 3 aromatic rings. The number of esters is 1. The summed E-state index contributed by atoms with van der Waals surface area (Å²) in [5.74, 6) is 0.301. The number of hydrogen-bond donors (Lipinski definition) is 1. The average Bonchev–Trinajstić information content (AvgIpc) is 2.84. The van der Waals surface area contributed by atoms with Crippen LogP contribution in [0.3, 0.4) is 0 Å². The number of ether oxygens (including phenoxy) is 3. The maximum absolute atomic E-state index is 12.8. The second-order valence-corrected chi connectivity index (χ2v) is 6.89. The van der Waals surface area contributed by atoms with Gasteiger partial charge >= 0.3 is 12.1 Å². The van der Waals surface area contributed by atoms with Crippen LogP contribution in [0.25, 0.3) is 0 Å². The lowest BCUT2D eigenvalue weighted by molar-refractivity contribution is -0.384. The summed E-state index contributed by atoms with van der Waals surface area (Å²) < 4.78 is 54.1. The Balaban J connectivity index is 1.74. The Morgan fingerprint density at radius 2 is 1.71 bits per heavy atom. The van der Waals surface area contributed by atoms with Crippen LogP contribution in [0.2, 0.25) is 0 Å². The Morgan fingerprint density at radius 1 is 1.00 bits per heavy atom. The lowest BCUT2D eigenvalue weighted by atomic mass is 10.1. The van der Waals surface area contributed by atoms with Crippen LogP contribution >= 0.6 is 0 Å². The Hall–Kier alpha value is -4.61. The second-order valence-electron chi connectivity index (χ2n) is 6.89. The topological polar surface area (TPSA) is 112 Å². The summed E-state index contributed by atoms with van der Waals surface area (Å²) in [4.78, 5) is 22.6. The number of halogens is 3. The summed E-state index contributed by atoms with van der Waals surface area (Å²) >= 11 is 0. The SMILES string of the molecule is COc1ccc(C(=O)Oc2ccc(C=NNc3ccc(C(F)(F)F)cc3[N+](=O)[O-])cc2OC)cc1. The first-order valence-corrected chi connectivity index (χ1v) is 9.81. The number of alkyl halides is 3. The van der Waals surface area contributed by atoms with E-state index in [-0.39, 0.29) is 17.2 Å². The highest BCUT2D eigenvalue weighted by Gasteiger charge is 2.33. The van der Waals surface area contributed by atoms with Crippen molar-refractivity contribution in [3.8, 4) is 17.2 Å². The zero-order valence-corrected chi connectivity index (χ0v) is 18.3. The van der Waals surface area contributed by atoms with Gasteiger partial charge in [-0.1, -0.05) is 0 Å². The van der Waals surface area contributed by atoms with E-state index in [2.05, 4.69) is 10.5 Å². The number of nitro groups is 1. The molecule has 9 nitrogen and oxygen atoms in total. The molecule has 35 heavy (non-hydrogen) atoms. The van der Waals surface area contributed by atoms with Gasteiger partial charge in [-0.05, 0) is 60.2 Å². The molecule has 3 rings (SSSR count). The van der Waals surface area contributed by atoms with Gasteiger partial charge < -0.3 is 14.2 Å². The highest BCUT2D eigenvalue weighted by atomic mass is 19.4. The number of nitrogens with zero attached hydrogens (tertiary/aromatic N) is 2. The number of rotatable bonds is 8. The lowest BCUT2D eigenvalue weighted by Crippen LogP contribution is -2.09. The monoisotopic (exact) mass is 489 g/mol. The Labute approximate surface area is 196 Å². The minimum absolute atomic E-state index is 0.136. The van der Waals surface area contributed by atoms with Crippen LogP contribution in [-0.4, -0.2) is 31.3 Å². The molecule has 1 N–H and O–H groups in total. The second kappa shape index (κ2) is 10.5. The van der Waals surface area contributed by atoms with Crippen LogP contribution in [-0.2, 0) is 6.18 Å². The highest BCUT2D eigenvalue weighted by molar-refractivity contribution is 5.91. The maximum Gasteiger partial charge on any atom is 0.416 e. The van der Waals surface area contributed by atoms with Crippen LogP contribution < -0.4 is 19.6 Å². The fourth-order valence-electron chi connectivity index (χ4n) is 2.86. The number of carbonyl (C=O) groups excluding carboxylic acids is 1. The number of methoxy groups -OCH3 is 2. The predicted octanol–water partition coefficient (Wildman–Crippen LogP) is 5.30. The van der Waals surface area contributed by atoms with E-state index in [1.54, 1.807) is 24.3 Å². The molecule has 182 valence electrons. The van der Waals surface area contributed by atoms with Crippen LogP contribution in [0, 0.1) is 10.1 Å². The van der Waals surface area contributed by atoms with Gasteiger partial charge in [0.25, 0.3) is 5.69 Å². The first kappa shape index (κ1) is 25.0. The smallest absolute Gasteiger partial charge is 0.416 e. The first-order valence-electron chi connectivity index (χ1n) is 9.81. The van der Waals surface area contributed by atoms with Crippen molar-refractivity contribution in [1.82, 2.24) is 0 Å². The van der Waals surface area contributed by atoms with Crippen molar-refractivity contribution in [1.29, 1.82) is 0 Å². The number of nitro benzene ring substituents is 1. The summed E-state index contributed by atoms with van der Waals surface area (Å²) in [5, 5.41) is 15.0. The third-order valence-corrected chi connectivity index (χ3v) is 4.64. The molecular formula is C23H18F3N3O6. The molecule has 3 aromatic carbocycles. The van der Waals surface area contributed by atoms with Crippen molar-refractivity contribution in [2.75, 3.05) is 19.6 Å². The van der Waals surface area contributed by atoms with Gasteiger partial charge in [0.15, 0.2) is 11.5 Å². The fraction of sp³-hybridized carbons (Fsp3) is 0.130. The molecule has 0 atom stereocenters. The van der Waals surface area contributed by atoms with Crippen molar-refractivity contribution in [2.45, 2.75) is 6.18 Å². The lowest BCUT2D eigenvalue weighted by Gasteiger charge is -2.10. The van der Waals surface area contributed by atoms with Crippen molar-refractivity contribution in [3.63, 3.8) is 0 Å². The number of carbonyl (C=O) groups is 1. The molecule has 0 aliphatic carbocycles. The summed E-state index contributed by atoms with van der Waals surface area (Å²) in [6, 6.07) is 12.8. The predicted molar refractivity (Wildman–Crippen MR) is 120 cm³/mol. The third kappa shape index (κ3) is 6.25. The third-order valence-electron chi connectivity index (χ3n) is 4.64. The molecular weight excluding hydrogens is 471 g/mol. The molecule has 12 heteroatoms. The van der Waals surface area contributed by atoms with Gasteiger partial charge in [-0.15, -0.1) is 0 Å². The summed E-state index contributed by atoms with van der Waals surface area (Å²) in [6.07, 6.45) is -3.46. The first-order chi connectivity index (χ1) is 16.6. The van der Waals surface area contributed by atoms with E-state index in [4.69, 9.17) is 14.2 Å². The van der Waals surface area contributed by atoms with E-state index in [0.717, 1.165) is 6.07 Å². The molecule has 0 aliphatic heterocycles. The molecule has 0 spiro atoms. The van der Waals surface area contributed by atoms with Gasteiger partial charge in [0.1, 0.15) is 11.4 Å².